The zero-order valence-electron chi connectivity index (χ0n) is 28.1. The van der Waals surface area contributed by atoms with Crippen molar-refractivity contribution >= 4 is 16.9 Å². The highest BCUT2D eigenvalue weighted by atomic mass is 14.9. The lowest BCUT2D eigenvalue weighted by molar-refractivity contribution is 0.781. The van der Waals surface area contributed by atoms with Gasteiger partial charge in [-0.15, -0.1) is 0 Å². The minimum absolute atomic E-state index is 0.312. The van der Waals surface area contributed by atoms with Gasteiger partial charge in [-0.2, -0.15) is 0 Å². The van der Waals surface area contributed by atoms with E-state index in [9.17, 15) is 0 Å². The highest BCUT2D eigenvalue weighted by Crippen LogP contribution is 2.65. The SMILES string of the molecule is C1=CC2=C(CC1)c1ccccc1C21c2ccccc2-c2ccc(Nc3ccc4c(c3)C3(c5ccccc5-c5ccccc53)c3ccccc3-4)cc21. The molecule has 7 aromatic rings. The quantitative estimate of drug-likeness (QED) is 0.197. The van der Waals surface area contributed by atoms with Crippen LogP contribution in [-0.4, -0.2) is 0 Å². The average Bonchev–Trinajstić information content (AvgIpc) is 3.87. The molecule has 0 aliphatic heterocycles. The second-order valence-corrected chi connectivity index (χ2v) is 14.7. The van der Waals surface area contributed by atoms with Crippen LogP contribution in [0.2, 0.25) is 0 Å². The van der Waals surface area contributed by atoms with Crippen LogP contribution < -0.4 is 5.32 Å². The lowest BCUT2D eigenvalue weighted by Crippen LogP contribution is -2.27. The summed E-state index contributed by atoms with van der Waals surface area (Å²) < 4.78 is 0. The lowest BCUT2D eigenvalue weighted by atomic mass is 9.69. The normalized spacial score (nSPS) is 18.5. The Kier molecular flexibility index (Phi) is 5.28. The van der Waals surface area contributed by atoms with Crippen LogP contribution in [0.1, 0.15) is 57.3 Å². The molecule has 0 radical (unpaired) electrons. The Morgan fingerprint density at radius 1 is 0.373 bits per heavy atom. The molecule has 1 unspecified atom stereocenters. The number of hydrogen-bond acceptors (Lipinski definition) is 1. The van der Waals surface area contributed by atoms with Crippen LogP contribution in [0.4, 0.5) is 11.4 Å². The van der Waals surface area contributed by atoms with Gasteiger partial charge in [-0.05, 0) is 126 Å². The Balaban J connectivity index is 1.05. The second kappa shape index (κ2) is 9.74. The van der Waals surface area contributed by atoms with Gasteiger partial charge in [0, 0.05) is 11.4 Å². The van der Waals surface area contributed by atoms with Gasteiger partial charge in [0.15, 0.2) is 0 Å². The fourth-order valence-electron chi connectivity index (χ4n) is 10.8. The van der Waals surface area contributed by atoms with Crippen LogP contribution in [-0.2, 0) is 10.8 Å². The van der Waals surface area contributed by atoms with Gasteiger partial charge in [0.2, 0.25) is 0 Å². The molecule has 1 heteroatoms. The largest absolute Gasteiger partial charge is 0.356 e. The van der Waals surface area contributed by atoms with E-state index in [1.165, 1.54) is 89.0 Å². The van der Waals surface area contributed by atoms with Crippen LogP contribution in [0.5, 0.6) is 0 Å². The molecule has 0 saturated heterocycles. The number of fused-ring (bicyclic) bond motifs is 19. The Morgan fingerprint density at radius 2 is 0.765 bits per heavy atom. The lowest BCUT2D eigenvalue weighted by Gasteiger charge is -2.32. The summed E-state index contributed by atoms with van der Waals surface area (Å²) in [6.07, 6.45) is 7.00. The first-order valence-corrected chi connectivity index (χ1v) is 18.2. The molecule has 2 spiro atoms. The van der Waals surface area contributed by atoms with E-state index in [1.54, 1.807) is 0 Å². The van der Waals surface area contributed by atoms with Crippen molar-refractivity contribution in [1.82, 2.24) is 0 Å². The summed E-state index contributed by atoms with van der Waals surface area (Å²) in [5.74, 6) is 0. The Morgan fingerprint density at radius 3 is 1.27 bits per heavy atom. The standard InChI is InChI=1S/C50H33N/c1-7-19-41-33(13-1)34-14-2-8-20-42(34)49(41)45-23-11-5-17-37(45)39-27-25-31(29-47(39)49)51-32-26-28-40-38-18-6-12-24-46(38)50(48(40)30-32)43-21-9-3-15-35(43)36-16-4-10-22-44(36)50/h1-3,5-15,17-30,51H,4,16H2. The van der Waals surface area contributed by atoms with Crippen LogP contribution in [0.3, 0.4) is 0 Å². The summed E-state index contributed by atoms with van der Waals surface area (Å²) in [6, 6.07) is 59.5. The number of benzene rings is 7. The number of hydrogen-bond donors (Lipinski definition) is 1. The monoisotopic (exact) mass is 647 g/mol. The third-order valence-electron chi connectivity index (χ3n) is 12.6. The molecule has 238 valence electrons. The molecule has 5 aliphatic carbocycles. The third kappa shape index (κ3) is 3.24. The molecule has 0 fully saturated rings. The predicted molar refractivity (Wildman–Crippen MR) is 210 cm³/mol. The van der Waals surface area contributed by atoms with E-state index >= 15 is 0 Å². The summed E-state index contributed by atoms with van der Waals surface area (Å²) in [4.78, 5) is 0. The predicted octanol–water partition coefficient (Wildman–Crippen LogP) is 12.2. The first-order valence-electron chi connectivity index (χ1n) is 18.2. The van der Waals surface area contributed by atoms with Gasteiger partial charge in [0.1, 0.15) is 0 Å². The van der Waals surface area contributed by atoms with Crippen LogP contribution in [0.25, 0.3) is 39.0 Å². The van der Waals surface area contributed by atoms with E-state index in [1.807, 2.05) is 0 Å². The maximum atomic E-state index is 3.94. The van der Waals surface area contributed by atoms with Crippen LogP contribution >= 0.6 is 0 Å². The molecule has 7 aromatic carbocycles. The van der Waals surface area contributed by atoms with Crippen molar-refractivity contribution in [2.75, 3.05) is 5.32 Å². The molecule has 0 heterocycles. The highest BCUT2D eigenvalue weighted by Gasteiger charge is 2.53. The molecular weight excluding hydrogens is 615 g/mol. The summed E-state index contributed by atoms with van der Waals surface area (Å²) in [5, 5.41) is 3.94. The Labute approximate surface area is 298 Å². The van der Waals surface area contributed by atoms with Crippen LogP contribution in [0.15, 0.2) is 175 Å². The molecule has 5 aliphatic rings. The van der Waals surface area contributed by atoms with Gasteiger partial charge in [-0.1, -0.05) is 146 Å². The molecule has 0 aromatic heterocycles. The van der Waals surface area contributed by atoms with Gasteiger partial charge in [-0.3, -0.25) is 0 Å². The molecular formula is C50H33N. The van der Waals surface area contributed by atoms with E-state index in [0.717, 1.165) is 24.2 Å². The van der Waals surface area contributed by atoms with Gasteiger partial charge in [0.05, 0.1) is 10.8 Å². The topological polar surface area (TPSA) is 12.0 Å². The van der Waals surface area contributed by atoms with Crippen molar-refractivity contribution in [3.8, 4) is 33.4 Å². The Hall–Kier alpha value is -6.18. The first-order chi connectivity index (χ1) is 25.3. The van der Waals surface area contributed by atoms with Crippen molar-refractivity contribution in [3.63, 3.8) is 0 Å². The summed E-state index contributed by atoms with van der Waals surface area (Å²) in [5.41, 5.74) is 23.6. The van der Waals surface area contributed by atoms with Crippen molar-refractivity contribution < 1.29 is 0 Å². The zero-order valence-corrected chi connectivity index (χ0v) is 28.1. The molecule has 51 heavy (non-hydrogen) atoms. The van der Waals surface area contributed by atoms with Crippen molar-refractivity contribution in [3.05, 3.63) is 220 Å². The van der Waals surface area contributed by atoms with Crippen molar-refractivity contribution in [1.29, 1.82) is 0 Å². The molecule has 0 bridgehead atoms. The number of nitrogens with one attached hydrogen (secondary N) is 1. The smallest absolute Gasteiger partial charge is 0.0726 e. The van der Waals surface area contributed by atoms with Crippen molar-refractivity contribution in [2.45, 2.75) is 23.7 Å². The summed E-state index contributed by atoms with van der Waals surface area (Å²) in [7, 11) is 0. The molecule has 0 saturated carbocycles. The minimum Gasteiger partial charge on any atom is -0.356 e. The molecule has 0 amide bonds. The van der Waals surface area contributed by atoms with Gasteiger partial charge < -0.3 is 5.32 Å². The first kappa shape index (κ1) is 27.6. The van der Waals surface area contributed by atoms with E-state index in [-0.39, 0.29) is 10.8 Å². The highest BCUT2D eigenvalue weighted by molar-refractivity contribution is 5.98. The zero-order chi connectivity index (χ0) is 33.3. The third-order valence-corrected chi connectivity index (χ3v) is 12.6. The van der Waals surface area contributed by atoms with Gasteiger partial charge >= 0.3 is 0 Å². The van der Waals surface area contributed by atoms with E-state index < -0.39 is 0 Å². The van der Waals surface area contributed by atoms with E-state index in [2.05, 4.69) is 175 Å². The Bertz CT molecular complexity index is 2680. The van der Waals surface area contributed by atoms with E-state index in [0.29, 0.717) is 0 Å². The summed E-state index contributed by atoms with van der Waals surface area (Å²) >= 11 is 0. The minimum atomic E-state index is -0.357. The van der Waals surface area contributed by atoms with E-state index in [4.69, 9.17) is 0 Å². The average molecular weight is 648 g/mol. The number of allylic oxidation sites excluding steroid dienone is 4. The maximum Gasteiger partial charge on any atom is 0.0726 e. The van der Waals surface area contributed by atoms with Gasteiger partial charge in [-0.25, -0.2) is 0 Å². The van der Waals surface area contributed by atoms with Crippen LogP contribution in [0, 0.1) is 0 Å². The molecule has 1 atom stereocenters. The van der Waals surface area contributed by atoms with Crippen molar-refractivity contribution in [2.24, 2.45) is 0 Å². The number of rotatable bonds is 2. The fourth-order valence-corrected chi connectivity index (χ4v) is 10.8. The molecule has 1 N–H and O–H groups in total. The summed E-state index contributed by atoms with van der Waals surface area (Å²) in [6.45, 7) is 0. The molecule has 12 rings (SSSR count). The second-order valence-electron chi connectivity index (χ2n) is 14.7. The van der Waals surface area contributed by atoms with Gasteiger partial charge in [0.25, 0.3) is 0 Å². The maximum absolute atomic E-state index is 3.94. The fraction of sp³-hybridized carbons (Fsp3) is 0.0800. The molecule has 1 nitrogen and oxygen atoms in total. The number of anilines is 2.